The second-order valence-corrected chi connectivity index (χ2v) is 14.6. The molecule has 8 aromatic carbocycles. The van der Waals surface area contributed by atoms with Crippen LogP contribution in [0.25, 0.3) is 111 Å². The molecule has 12 aromatic rings. The van der Waals surface area contributed by atoms with Gasteiger partial charge >= 0.3 is 0 Å². The van der Waals surface area contributed by atoms with Gasteiger partial charge in [0.2, 0.25) is 0 Å². The first-order valence-corrected chi connectivity index (χ1v) is 19.3. The van der Waals surface area contributed by atoms with Crippen molar-refractivity contribution in [2.75, 3.05) is 0 Å². The van der Waals surface area contributed by atoms with Gasteiger partial charge in [0.25, 0.3) is 0 Å². The van der Waals surface area contributed by atoms with Crippen LogP contribution in [-0.4, -0.2) is 19.1 Å². The Morgan fingerprint density at radius 2 is 1.00 bits per heavy atom. The van der Waals surface area contributed by atoms with Gasteiger partial charge in [-0.05, 0) is 71.8 Å². The third kappa shape index (κ3) is 4.82. The molecule has 0 atom stereocenters. The summed E-state index contributed by atoms with van der Waals surface area (Å²) in [5, 5.41) is 5.62. The first kappa shape index (κ1) is 31.6. The number of aromatic nitrogens is 4. The summed E-state index contributed by atoms with van der Waals surface area (Å²) in [6.45, 7) is 0. The molecule has 12 rings (SSSR count). The van der Waals surface area contributed by atoms with E-state index in [4.69, 9.17) is 14.4 Å². The molecule has 0 spiro atoms. The van der Waals surface area contributed by atoms with Gasteiger partial charge in [-0.2, -0.15) is 0 Å². The number of rotatable bonds is 5. The van der Waals surface area contributed by atoms with E-state index in [9.17, 15) is 0 Å². The summed E-state index contributed by atoms with van der Waals surface area (Å²) in [6, 6.07) is 68.3. The number of nitrogens with zero attached hydrogens (tertiary/aromatic N) is 4. The van der Waals surface area contributed by atoms with Gasteiger partial charge < -0.3 is 13.6 Å². The lowest BCUT2D eigenvalue weighted by atomic mass is 10.0. The van der Waals surface area contributed by atoms with Crippen LogP contribution in [0.5, 0.6) is 0 Å². The van der Waals surface area contributed by atoms with Crippen molar-refractivity contribution in [1.29, 1.82) is 0 Å². The molecule has 0 unspecified atom stereocenters. The number of furan rings is 1. The molecule has 0 aliphatic heterocycles. The van der Waals surface area contributed by atoms with Crippen molar-refractivity contribution in [3.63, 3.8) is 0 Å². The van der Waals surface area contributed by atoms with E-state index in [1.165, 1.54) is 21.8 Å². The summed E-state index contributed by atoms with van der Waals surface area (Å²) in [6.07, 6.45) is 0. The van der Waals surface area contributed by atoms with E-state index < -0.39 is 0 Å². The molecule has 0 saturated carbocycles. The zero-order chi connectivity index (χ0) is 37.5. The van der Waals surface area contributed by atoms with Crippen LogP contribution in [0.1, 0.15) is 0 Å². The summed E-state index contributed by atoms with van der Waals surface area (Å²) in [5.74, 6) is 0.675. The number of hydrogen-bond acceptors (Lipinski definition) is 3. The Morgan fingerprint density at radius 3 is 1.81 bits per heavy atom. The molecule has 0 N–H and O–H groups in total. The minimum Gasteiger partial charge on any atom is -0.456 e. The van der Waals surface area contributed by atoms with Gasteiger partial charge in [-0.3, -0.25) is 0 Å². The van der Waals surface area contributed by atoms with E-state index in [0.29, 0.717) is 5.82 Å². The predicted octanol–water partition coefficient (Wildman–Crippen LogP) is 13.6. The Kier molecular flexibility index (Phi) is 6.86. The highest BCUT2D eigenvalue weighted by Crippen LogP contribution is 2.43. The fourth-order valence-electron chi connectivity index (χ4n) is 8.80. The monoisotopic (exact) mass is 728 g/mol. The maximum atomic E-state index is 6.41. The van der Waals surface area contributed by atoms with Crippen molar-refractivity contribution < 1.29 is 4.42 Å². The minimum absolute atomic E-state index is 0.675. The van der Waals surface area contributed by atoms with Gasteiger partial charge in [-0.15, -0.1) is 0 Å². The van der Waals surface area contributed by atoms with Crippen LogP contribution in [0, 0.1) is 0 Å². The minimum atomic E-state index is 0.675. The Balaban J connectivity index is 1.18. The van der Waals surface area contributed by atoms with E-state index in [2.05, 4.69) is 167 Å². The molecule has 5 nitrogen and oxygen atoms in total. The van der Waals surface area contributed by atoms with Gasteiger partial charge in [-0.25, -0.2) is 9.97 Å². The highest BCUT2D eigenvalue weighted by atomic mass is 16.3. The zero-order valence-corrected chi connectivity index (χ0v) is 30.7. The zero-order valence-electron chi connectivity index (χ0n) is 30.7. The van der Waals surface area contributed by atoms with E-state index in [0.717, 1.165) is 83.2 Å². The molecule has 0 aliphatic rings. The average molecular weight is 729 g/mol. The van der Waals surface area contributed by atoms with Crippen molar-refractivity contribution in [2.24, 2.45) is 0 Å². The quantitative estimate of drug-likeness (QED) is 0.177. The summed E-state index contributed by atoms with van der Waals surface area (Å²) < 4.78 is 11.1. The molecule has 266 valence electrons. The van der Waals surface area contributed by atoms with Gasteiger partial charge in [0.05, 0.1) is 27.8 Å². The van der Waals surface area contributed by atoms with Gasteiger partial charge in [0.1, 0.15) is 16.7 Å². The normalized spacial score (nSPS) is 11.9. The maximum Gasteiger partial charge on any atom is 0.160 e. The van der Waals surface area contributed by atoms with Crippen molar-refractivity contribution in [3.8, 4) is 45.1 Å². The number of hydrogen-bond donors (Lipinski definition) is 0. The fraction of sp³-hybridized carbons (Fsp3) is 0. The van der Waals surface area contributed by atoms with Gasteiger partial charge in [0, 0.05) is 49.4 Å². The van der Waals surface area contributed by atoms with Crippen molar-refractivity contribution in [2.45, 2.75) is 0 Å². The lowest BCUT2D eigenvalue weighted by Gasteiger charge is -2.13. The SMILES string of the molecule is c1ccc(-c2nc(-c3cccc4oc5ccccc5c34)c3c(n2)c2cc(-c4ccc5c6ccccc6n(-c6ccccc6)c5c4)ccc2n3-c2ccccc2)cc1. The van der Waals surface area contributed by atoms with Crippen LogP contribution < -0.4 is 0 Å². The summed E-state index contributed by atoms with van der Waals surface area (Å²) in [7, 11) is 0. The Bertz CT molecular complexity index is 3510. The van der Waals surface area contributed by atoms with Crippen molar-refractivity contribution in [3.05, 3.63) is 194 Å². The molecule has 4 heterocycles. The highest BCUT2D eigenvalue weighted by Gasteiger charge is 2.24. The van der Waals surface area contributed by atoms with Crippen LogP contribution in [-0.2, 0) is 0 Å². The molecular formula is C52H32N4O. The second kappa shape index (κ2) is 12.4. The predicted molar refractivity (Wildman–Crippen MR) is 234 cm³/mol. The van der Waals surface area contributed by atoms with Crippen LogP contribution in [0.15, 0.2) is 199 Å². The second-order valence-electron chi connectivity index (χ2n) is 14.6. The lowest BCUT2D eigenvalue weighted by molar-refractivity contribution is 0.669. The fourth-order valence-corrected chi connectivity index (χ4v) is 8.80. The summed E-state index contributed by atoms with van der Waals surface area (Å²) in [5.41, 5.74) is 14.2. The number of benzene rings is 8. The molecule has 0 fully saturated rings. The average Bonchev–Trinajstić information content (AvgIpc) is 3.94. The first-order valence-electron chi connectivity index (χ1n) is 19.3. The van der Waals surface area contributed by atoms with Crippen LogP contribution >= 0.6 is 0 Å². The van der Waals surface area contributed by atoms with E-state index in [-0.39, 0.29) is 0 Å². The van der Waals surface area contributed by atoms with Gasteiger partial charge in [-0.1, -0.05) is 133 Å². The number of fused-ring (bicyclic) bond motifs is 9. The molecule has 57 heavy (non-hydrogen) atoms. The maximum absolute atomic E-state index is 6.41. The number of para-hydroxylation sites is 4. The van der Waals surface area contributed by atoms with E-state index >= 15 is 0 Å². The Morgan fingerprint density at radius 1 is 0.386 bits per heavy atom. The van der Waals surface area contributed by atoms with E-state index in [1.54, 1.807) is 0 Å². The third-order valence-corrected chi connectivity index (χ3v) is 11.3. The third-order valence-electron chi connectivity index (χ3n) is 11.3. The Labute approximate surface area is 327 Å². The molecule has 0 saturated heterocycles. The molecule has 4 aromatic heterocycles. The van der Waals surface area contributed by atoms with Crippen molar-refractivity contribution >= 4 is 65.7 Å². The molecular weight excluding hydrogens is 697 g/mol. The smallest absolute Gasteiger partial charge is 0.160 e. The Hall–Kier alpha value is -7.76. The van der Waals surface area contributed by atoms with Crippen LogP contribution in [0.2, 0.25) is 0 Å². The first-order chi connectivity index (χ1) is 28.3. The summed E-state index contributed by atoms with van der Waals surface area (Å²) in [4.78, 5) is 10.9. The lowest BCUT2D eigenvalue weighted by Crippen LogP contribution is -2.00. The molecule has 0 bridgehead atoms. The van der Waals surface area contributed by atoms with Crippen LogP contribution in [0.4, 0.5) is 0 Å². The molecule has 0 radical (unpaired) electrons. The standard InChI is InChI=1S/C52H32N4O/c1-4-15-33(16-5-1)52-53-49(41-23-14-26-47-48(41)40-22-11-13-25-46(40)57-47)51-50(54-52)42-31-34(28-30-44(42)56(51)37-19-8-3-9-20-37)35-27-29-39-38-21-10-12-24-43(38)55(45(39)32-35)36-17-6-2-7-18-36/h1-32H. The molecule has 0 aliphatic carbocycles. The largest absolute Gasteiger partial charge is 0.456 e. The van der Waals surface area contributed by atoms with Gasteiger partial charge in [0.15, 0.2) is 5.82 Å². The van der Waals surface area contributed by atoms with Crippen molar-refractivity contribution in [1.82, 2.24) is 19.1 Å². The highest BCUT2D eigenvalue weighted by molar-refractivity contribution is 6.18. The van der Waals surface area contributed by atoms with E-state index in [1.807, 2.05) is 36.4 Å². The molecule has 5 heteroatoms. The summed E-state index contributed by atoms with van der Waals surface area (Å²) >= 11 is 0. The molecule has 0 amide bonds. The van der Waals surface area contributed by atoms with Crippen LogP contribution in [0.3, 0.4) is 0 Å². The topological polar surface area (TPSA) is 48.8 Å².